The van der Waals surface area contributed by atoms with Crippen LogP contribution in [0.3, 0.4) is 0 Å². The summed E-state index contributed by atoms with van der Waals surface area (Å²) in [6, 6.07) is 9.11. The lowest BCUT2D eigenvalue weighted by Crippen LogP contribution is -2.76. The molecule has 3 heterocycles. The predicted molar refractivity (Wildman–Crippen MR) is 201 cm³/mol. The summed E-state index contributed by atoms with van der Waals surface area (Å²) in [5, 5.41) is 35.1. The highest BCUT2D eigenvalue weighted by molar-refractivity contribution is 6.05. The zero-order valence-corrected chi connectivity index (χ0v) is 32.5. The number of benzene rings is 1. The molecule has 1 aromatic carbocycles. The lowest BCUT2D eigenvalue weighted by atomic mass is 9.53. The largest absolute Gasteiger partial charge is 0.455 e. The normalized spacial score (nSPS) is 41.3. The Balaban J connectivity index is 1.13. The van der Waals surface area contributed by atoms with E-state index in [0.29, 0.717) is 11.1 Å². The van der Waals surface area contributed by atoms with Crippen LogP contribution in [-0.4, -0.2) is 80.5 Å². The van der Waals surface area contributed by atoms with Crippen LogP contribution in [-0.2, 0) is 39.2 Å². The Bertz CT molecular complexity index is 1640. The molecular weight excluding hydrogens is 688 g/mol. The predicted octanol–water partition coefficient (Wildman–Crippen LogP) is 6.50. The van der Waals surface area contributed by atoms with Gasteiger partial charge in [0.25, 0.3) is 0 Å². The first-order chi connectivity index (χ1) is 25.9. The third-order valence-electron chi connectivity index (χ3n) is 13.6. The fourth-order valence-electron chi connectivity index (χ4n) is 10.8. The smallest absolute Gasteiger partial charge is 0.330 e. The van der Waals surface area contributed by atoms with Crippen LogP contribution in [0.5, 0.6) is 0 Å². The summed E-state index contributed by atoms with van der Waals surface area (Å²) in [5.41, 5.74) is -5.77. The van der Waals surface area contributed by atoms with Crippen LogP contribution in [0.2, 0.25) is 0 Å². The number of aliphatic hydroxyl groups excluding tert-OH is 2. The van der Waals surface area contributed by atoms with Crippen LogP contribution in [0.4, 0.5) is 0 Å². The van der Waals surface area contributed by atoms with Gasteiger partial charge in [-0.1, -0.05) is 134 Å². The molecule has 3 aliphatic heterocycles. The second-order valence-corrected chi connectivity index (χ2v) is 16.9. The minimum atomic E-state index is -2.41. The minimum Gasteiger partial charge on any atom is -0.455 e. The van der Waals surface area contributed by atoms with E-state index < -0.39 is 88.9 Å². The van der Waals surface area contributed by atoms with Crippen LogP contribution in [0.15, 0.2) is 66.3 Å². The van der Waals surface area contributed by atoms with Crippen molar-refractivity contribution < 1.29 is 48.6 Å². The van der Waals surface area contributed by atoms with E-state index in [1.165, 1.54) is 70.3 Å². The number of hydrogen-bond acceptors (Lipinski definition) is 10. The maximum absolute atomic E-state index is 13.9. The van der Waals surface area contributed by atoms with Gasteiger partial charge in [0.1, 0.15) is 30.0 Å². The molecule has 2 saturated carbocycles. The lowest BCUT2D eigenvalue weighted by Gasteiger charge is -2.61. The van der Waals surface area contributed by atoms with Gasteiger partial charge < -0.3 is 39.0 Å². The van der Waals surface area contributed by atoms with Crippen molar-refractivity contribution in [2.75, 3.05) is 6.61 Å². The van der Waals surface area contributed by atoms with E-state index in [-0.39, 0.29) is 5.57 Å². The number of aliphatic hydroxyl groups is 3. The van der Waals surface area contributed by atoms with Crippen molar-refractivity contribution >= 4 is 11.8 Å². The molecule has 0 aromatic heterocycles. The van der Waals surface area contributed by atoms with Crippen molar-refractivity contribution in [1.29, 1.82) is 0 Å². The van der Waals surface area contributed by atoms with Crippen LogP contribution < -0.4 is 0 Å². The van der Waals surface area contributed by atoms with Crippen LogP contribution >= 0.6 is 0 Å². The quantitative estimate of drug-likeness (QED) is 0.0500. The molecule has 10 heteroatoms. The average molecular weight is 749 g/mol. The maximum Gasteiger partial charge on any atom is 0.330 e. The standard InChI is InChI=1S/C44H60O10/c1-6-7-8-9-10-11-12-13-14-15-16-17-18-22-25-33(46)50-36-30(5)43-32-26-29(4)35(47)41(32,49)39(48)40(27-45)37(51-40)34(43)38-42(36,28(2)3)53-44(52-38,54-43)31-23-20-19-21-24-31/h19-26,30,32,34,36-39,45,48-49H,2,6-18,27H2,1,3-5H3/t30-,32-,34+,36-,37+,38-,39-,40+,41-,42+,43+,44-/m1/s1. The number of hydrogen-bond donors (Lipinski definition) is 3. The SMILES string of the molecule is C=C(C)[C@@]12O[C@@]3(c4ccccc4)O[C@@H]1[C@@H]1[C@@H]4O[C@]4(CO)[C@@H](O)[C@]4(O)C(=O)C(C)=C[C@H]4[C@@]1(O3)[C@H](C)[C@H]2OC(=O)C=CCCCCCCCCCCCCCC. The first kappa shape index (κ1) is 39.5. The van der Waals surface area contributed by atoms with E-state index in [1.54, 1.807) is 32.1 Å². The second kappa shape index (κ2) is 15.0. The second-order valence-electron chi connectivity index (χ2n) is 16.9. The van der Waals surface area contributed by atoms with Crippen LogP contribution in [0.25, 0.3) is 0 Å². The highest BCUT2D eigenvalue weighted by Gasteiger charge is 2.90. The number of Topliss-reactive ketones (excluding diaryl/α,β-unsaturated/α-hetero) is 1. The maximum atomic E-state index is 13.9. The number of ketones is 1. The highest BCUT2D eigenvalue weighted by Crippen LogP contribution is 2.74. The molecule has 6 aliphatic rings. The Morgan fingerprint density at radius 3 is 2.19 bits per heavy atom. The van der Waals surface area contributed by atoms with Gasteiger partial charge in [-0.15, -0.1) is 0 Å². The summed E-state index contributed by atoms with van der Waals surface area (Å²) >= 11 is 0. The van der Waals surface area contributed by atoms with Crippen molar-refractivity contribution in [1.82, 2.24) is 0 Å². The molecule has 7 rings (SSSR count). The minimum absolute atomic E-state index is 0.247. The summed E-state index contributed by atoms with van der Waals surface area (Å²) in [6.07, 6.45) is 16.2. The number of rotatable bonds is 18. The van der Waals surface area contributed by atoms with Gasteiger partial charge in [0.15, 0.2) is 17.0 Å². The molecule has 0 spiro atoms. The Morgan fingerprint density at radius 1 is 0.944 bits per heavy atom. The number of carbonyl (C=O) groups is 2. The van der Waals surface area contributed by atoms with E-state index >= 15 is 0 Å². The van der Waals surface area contributed by atoms with Crippen molar-refractivity contribution in [3.63, 3.8) is 0 Å². The third-order valence-corrected chi connectivity index (χ3v) is 13.6. The molecule has 3 saturated heterocycles. The van der Waals surface area contributed by atoms with Crippen molar-refractivity contribution in [3.8, 4) is 0 Å². The molecule has 0 radical (unpaired) electrons. The Kier molecular flexibility index (Phi) is 11.0. The Labute approximate surface area is 319 Å². The van der Waals surface area contributed by atoms with E-state index in [4.69, 9.17) is 23.7 Å². The number of carbonyl (C=O) groups excluding carboxylic acids is 2. The van der Waals surface area contributed by atoms with Crippen molar-refractivity contribution in [3.05, 3.63) is 71.8 Å². The van der Waals surface area contributed by atoms with Gasteiger partial charge in [-0.2, -0.15) is 0 Å². The van der Waals surface area contributed by atoms with E-state index in [1.807, 2.05) is 31.2 Å². The van der Waals surface area contributed by atoms with Gasteiger partial charge in [0.05, 0.1) is 12.2 Å². The van der Waals surface area contributed by atoms with E-state index in [9.17, 15) is 24.9 Å². The van der Waals surface area contributed by atoms with Gasteiger partial charge in [-0.25, -0.2) is 4.79 Å². The first-order valence-electron chi connectivity index (χ1n) is 20.5. The molecule has 54 heavy (non-hydrogen) atoms. The van der Waals surface area contributed by atoms with E-state index in [0.717, 1.165) is 19.3 Å². The highest BCUT2D eigenvalue weighted by atomic mass is 16.9. The molecule has 3 N–H and O–H groups in total. The summed E-state index contributed by atoms with van der Waals surface area (Å²) < 4.78 is 33.7. The number of fused-ring (bicyclic) bond motifs is 3. The molecule has 0 unspecified atom stereocenters. The van der Waals surface area contributed by atoms with Crippen molar-refractivity contribution in [2.24, 2.45) is 17.8 Å². The van der Waals surface area contributed by atoms with Crippen molar-refractivity contribution in [2.45, 2.75) is 164 Å². The molecule has 5 fully saturated rings. The number of ether oxygens (including phenoxy) is 5. The summed E-state index contributed by atoms with van der Waals surface area (Å²) in [4.78, 5) is 27.7. The monoisotopic (exact) mass is 748 g/mol. The Morgan fingerprint density at radius 2 is 1.57 bits per heavy atom. The molecule has 10 nitrogen and oxygen atoms in total. The topological polar surface area (TPSA) is 144 Å². The number of unbranched alkanes of at least 4 members (excludes halogenated alkanes) is 12. The zero-order chi connectivity index (χ0) is 38.5. The van der Waals surface area contributed by atoms with Gasteiger partial charge >= 0.3 is 11.9 Å². The number of allylic oxidation sites excluding steroid dienone is 1. The zero-order valence-electron chi connectivity index (χ0n) is 32.5. The summed E-state index contributed by atoms with van der Waals surface area (Å²) in [5.74, 6) is -5.75. The molecule has 3 bridgehead atoms. The lowest BCUT2D eigenvalue weighted by molar-refractivity contribution is -0.440. The van der Waals surface area contributed by atoms with Crippen LogP contribution in [0.1, 0.15) is 117 Å². The molecule has 1 aromatic rings. The average Bonchev–Trinajstić information content (AvgIpc) is 3.79. The number of esters is 1. The van der Waals surface area contributed by atoms with Gasteiger partial charge in [-0.3, -0.25) is 4.79 Å². The molecule has 296 valence electrons. The molecule has 0 amide bonds. The summed E-state index contributed by atoms with van der Waals surface area (Å²) in [6.45, 7) is 11.2. The molecule has 3 aliphatic carbocycles. The van der Waals surface area contributed by atoms with Crippen LogP contribution in [0, 0.1) is 17.8 Å². The summed E-state index contributed by atoms with van der Waals surface area (Å²) in [7, 11) is 0. The van der Waals surface area contributed by atoms with E-state index in [2.05, 4.69) is 13.5 Å². The Hall–Kier alpha value is -2.70. The fraction of sp³-hybridized carbons (Fsp3) is 0.682. The van der Waals surface area contributed by atoms with Gasteiger partial charge in [0, 0.05) is 29.4 Å². The van der Waals surface area contributed by atoms with Gasteiger partial charge in [-0.05, 0) is 37.8 Å². The molecular formula is C44H60O10. The fourth-order valence-corrected chi connectivity index (χ4v) is 10.8. The molecule has 12 atom stereocenters. The first-order valence-corrected chi connectivity index (χ1v) is 20.5. The van der Waals surface area contributed by atoms with Gasteiger partial charge in [0.2, 0.25) is 0 Å². The number of epoxide rings is 1. The third kappa shape index (κ3) is 5.84.